The predicted molar refractivity (Wildman–Crippen MR) is 57.5 cm³/mol. The van der Waals surface area contributed by atoms with Crippen LogP contribution in [0.3, 0.4) is 0 Å². The van der Waals surface area contributed by atoms with Gasteiger partial charge in [-0.1, -0.05) is 0 Å². The Morgan fingerprint density at radius 2 is 1.88 bits per heavy atom. The molecule has 0 heterocycles. The van der Waals surface area contributed by atoms with Crippen LogP contribution in [0.15, 0.2) is 9.59 Å². The molecule has 5 heteroatoms. The quantitative estimate of drug-likeness (QED) is 0.529. The molecule has 16 heavy (non-hydrogen) atoms. The van der Waals surface area contributed by atoms with Crippen molar-refractivity contribution in [1.82, 2.24) is 0 Å². The first-order valence-corrected chi connectivity index (χ1v) is 5.11. The van der Waals surface area contributed by atoms with E-state index in [0.717, 1.165) is 0 Å². The van der Waals surface area contributed by atoms with Crippen LogP contribution in [0.25, 0.3) is 0 Å². The molecule has 0 radical (unpaired) electrons. The molecule has 0 bridgehead atoms. The Kier molecular flexibility index (Phi) is 3.82. The minimum absolute atomic E-state index is 0.00746. The summed E-state index contributed by atoms with van der Waals surface area (Å²) in [6.07, 6.45) is -0.398. The second kappa shape index (κ2) is 4.92. The van der Waals surface area contributed by atoms with Gasteiger partial charge in [-0.05, 0) is 20.8 Å². The first kappa shape index (κ1) is 12.4. The number of esters is 1. The van der Waals surface area contributed by atoms with Crippen LogP contribution in [0.4, 0.5) is 0 Å². The molecule has 0 amide bonds. The van der Waals surface area contributed by atoms with Crippen LogP contribution in [0.1, 0.15) is 26.3 Å². The van der Waals surface area contributed by atoms with Crippen molar-refractivity contribution in [3.8, 4) is 5.75 Å². The van der Waals surface area contributed by atoms with Gasteiger partial charge in [-0.15, -0.1) is 0 Å². The van der Waals surface area contributed by atoms with E-state index in [4.69, 9.17) is 9.47 Å². The van der Waals surface area contributed by atoms with Crippen LogP contribution in [0.5, 0.6) is 5.75 Å². The summed E-state index contributed by atoms with van der Waals surface area (Å²) in [4.78, 5) is 33.5. The molecule has 0 N–H and O–H groups in total. The third-order valence-corrected chi connectivity index (χ3v) is 1.94. The van der Waals surface area contributed by atoms with Crippen LogP contribution in [-0.2, 0) is 16.0 Å². The van der Waals surface area contributed by atoms with Crippen molar-refractivity contribution < 1.29 is 14.3 Å². The third kappa shape index (κ3) is 2.48. The van der Waals surface area contributed by atoms with E-state index in [1.807, 2.05) is 0 Å². The lowest BCUT2D eigenvalue weighted by molar-refractivity contribution is -0.142. The zero-order chi connectivity index (χ0) is 12.3. The first-order valence-electron chi connectivity index (χ1n) is 5.11. The number of rotatable bonds is 5. The molecule has 0 aromatic heterocycles. The van der Waals surface area contributed by atoms with E-state index < -0.39 is 16.8 Å². The van der Waals surface area contributed by atoms with Gasteiger partial charge in [-0.3, -0.25) is 14.4 Å². The highest BCUT2D eigenvalue weighted by molar-refractivity contribution is 5.74. The van der Waals surface area contributed by atoms with Gasteiger partial charge in [0, 0.05) is 0 Å². The Labute approximate surface area is 92.7 Å². The maximum Gasteiger partial charge on any atom is 0.310 e. The molecular formula is C11H14O5. The van der Waals surface area contributed by atoms with Crippen molar-refractivity contribution in [2.75, 3.05) is 6.61 Å². The van der Waals surface area contributed by atoms with E-state index in [9.17, 15) is 14.4 Å². The van der Waals surface area contributed by atoms with Crippen LogP contribution >= 0.6 is 0 Å². The molecule has 88 valence electrons. The molecule has 0 aliphatic carbocycles. The van der Waals surface area contributed by atoms with E-state index in [0.29, 0.717) is 0 Å². The summed E-state index contributed by atoms with van der Waals surface area (Å²) < 4.78 is 9.85. The lowest BCUT2D eigenvalue weighted by Gasteiger charge is -2.14. The van der Waals surface area contributed by atoms with Crippen LogP contribution in [0, 0.1) is 0 Å². The molecule has 0 fully saturated rings. The maximum absolute atomic E-state index is 11.2. The fourth-order valence-corrected chi connectivity index (χ4v) is 1.30. The van der Waals surface area contributed by atoms with Gasteiger partial charge in [0.15, 0.2) is 5.75 Å². The predicted octanol–water partition coefficient (Wildman–Crippen LogP) is 0.175. The lowest BCUT2D eigenvalue weighted by Crippen LogP contribution is -2.39. The van der Waals surface area contributed by atoms with Gasteiger partial charge in [-0.25, -0.2) is 0 Å². The Bertz CT molecular complexity index is 451. The second-order valence-corrected chi connectivity index (χ2v) is 3.61. The highest BCUT2D eigenvalue weighted by Crippen LogP contribution is 2.14. The van der Waals surface area contributed by atoms with Crippen molar-refractivity contribution in [2.45, 2.75) is 33.3 Å². The van der Waals surface area contributed by atoms with Gasteiger partial charge in [0.1, 0.15) is 0 Å². The third-order valence-electron chi connectivity index (χ3n) is 1.94. The van der Waals surface area contributed by atoms with Gasteiger partial charge in [0.05, 0.1) is 24.7 Å². The van der Waals surface area contributed by atoms with Gasteiger partial charge < -0.3 is 9.47 Å². The molecule has 0 unspecified atom stereocenters. The van der Waals surface area contributed by atoms with Crippen LogP contribution in [-0.4, -0.2) is 18.7 Å². The molecule has 1 aromatic rings. The van der Waals surface area contributed by atoms with Crippen LogP contribution < -0.4 is 15.6 Å². The monoisotopic (exact) mass is 226 g/mol. The fourth-order valence-electron chi connectivity index (χ4n) is 1.30. The molecular weight excluding hydrogens is 212 g/mol. The van der Waals surface area contributed by atoms with Gasteiger partial charge in [-0.2, -0.15) is 0 Å². The second-order valence-electron chi connectivity index (χ2n) is 3.61. The standard InChI is InChI=1S/C11H14O5/c1-4-15-8(12)5-7-9(13)10(14)11(7)16-6(2)3/h6H,4-5H2,1-3H3. The Balaban J connectivity index is 2.81. The number of hydrogen-bond donors (Lipinski definition) is 0. The van der Waals surface area contributed by atoms with Crippen molar-refractivity contribution >= 4 is 5.97 Å². The molecule has 0 saturated carbocycles. The van der Waals surface area contributed by atoms with E-state index in [2.05, 4.69) is 0 Å². The summed E-state index contributed by atoms with van der Waals surface area (Å²) >= 11 is 0. The van der Waals surface area contributed by atoms with Gasteiger partial charge >= 0.3 is 5.97 Å². The molecule has 0 spiro atoms. The Hall–Kier alpha value is -1.65. The molecule has 0 aliphatic heterocycles. The van der Waals surface area contributed by atoms with Crippen molar-refractivity contribution in [1.29, 1.82) is 0 Å². The SMILES string of the molecule is CCOC(=O)Cc1c(OC(C)C)c(=O)c1=O. The molecule has 5 nitrogen and oxygen atoms in total. The van der Waals surface area contributed by atoms with Gasteiger partial charge in [0.2, 0.25) is 5.43 Å². The zero-order valence-corrected chi connectivity index (χ0v) is 9.53. The molecule has 1 rings (SSSR count). The molecule has 1 aromatic carbocycles. The highest BCUT2D eigenvalue weighted by atomic mass is 16.5. The lowest BCUT2D eigenvalue weighted by atomic mass is 10.1. The number of carbonyl (C=O) groups excluding carboxylic acids is 1. The summed E-state index contributed by atoms with van der Waals surface area (Å²) in [6.45, 7) is 5.40. The fraction of sp³-hybridized carbons (Fsp3) is 0.545. The summed E-state index contributed by atoms with van der Waals surface area (Å²) in [5.74, 6) is -0.517. The minimum atomic E-state index is -0.659. The Morgan fingerprint density at radius 3 is 2.38 bits per heavy atom. The molecule has 0 saturated heterocycles. The van der Waals surface area contributed by atoms with Crippen molar-refractivity contribution in [3.05, 3.63) is 26.0 Å². The zero-order valence-electron chi connectivity index (χ0n) is 9.53. The summed E-state index contributed by atoms with van der Waals surface area (Å²) in [5, 5.41) is 0. The molecule has 0 aliphatic rings. The van der Waals surface area contributed by atoms with E-state index in [1.165, 1.54) is 0 Å². The average Bonchev–Trinajstić information content (AvgIpc) is 2.22. The highest BCUT2D eigenvalue weighted by Gasteiger charge is 2.25. The average molecular weight is 226 g/mol. The van der Waals surface area contributed by atoms with E-state index in [-0.39, 0.29) is 30.4 Å². The largest absolute Gasteiger partial charge is 0.486 e. The van der Waals surface area contributed by atoms with Crippen molar-refractivity contribution in [3.63, 3.8) is 0 Å². The van der Waals surface area contributed by atoms with E-state index >= 15 is 0 Å². The summed E-state index contributed by atoms with van der Waals surface area (Å²) in [7, 11) is 0. The number of ether oxygens (including phenoxy) is 2. The maximum atomic E-state index is 11.2. The molecule has 0 atom stereocenters. The van der Waals surface area contributed by atoms with Crippen LogP contribution in [0.2, 0.25) is 0 Å². The van der Waals surface area contributed by atoms with Gasteiger partial charge in [0.25, 0.3) is 5.43 Å². The number of carbonyl (C=O) groups is 1. The summed E-state index contributed by atoms with van der Waals surface area (Å²) in [6, 6.07) is 0. The summed E-state index contributed by atoms with van der Waals surface area (Å²) in [5.41, 5.74) is -1.19. The minimum Gasteiger partial charge on any atom is -0.486 e. The Morgan fingerprint density at radius 1 is 1.25 bits per heavy atom. The van der Waals surface area contributed by atoms with Crippen molar-refractivity contribution in [2.24, 2.45) is 0 Å². The smallest absolute Gasteiger partial charge is 0.310 e. The topological polar surface area (TPSA) is 69.7 Å². The van der Waals surface area contributed by atoms with E-state index in [1.54, 1.807) is 20.8 Å². The normalized spacial score (nSPS) is 10.8. The number of hydrogen-bond acceptors (Lipinski definition) is 5. The first-order chi connectivity index (χ1) is 7.47.